The number of fused-ring (bicyclic) bond motifs is 2. The maximum absolute atomic E-state index is 4.96. The second-order valence-electron chi connectivity index (χ2n) is 7.29. The first-order valence-corrected chi connectivity index (χ1v) is 9.09. The summed E-state index contributed by atoms with van der Waals surface area (Å²) in [6.07, 6.45) is 6.14. The summed E-state index contributed by atoms with van der Waals surface area (Å²) in [5.74, 6) is 0.795. The molecule has 0 bridgehead atoms. The molecule has 1 aromatic heterocycles. The van der Waals surface area contributed by atoms with Crippen molar-refractivity contribution >= 4 is 16.6 Å². The molecule has 4 rings (SSSR count). The van der Waals surface area contributed by atoms with Crippen LogP contribution in [0.3, 0.4) is 0 Å². The third kappa shape index (κ3) is 2.83. The number of aryl methyl sites for hydroxylation is 3. The van der Waals surface area contributed by atoms with E-state index in [1.165, 1.54) is 77.7 Å². The summed E-state index contributed by atoms with van der Waals surface area (Å²) in [6, 6.07) is 4.60. The van der Waals surface area contributed by atoms with Gasteiger partial charge in [-0.2, -0.15) is 0 Å². The van der Waals surface area contributed by atoms with Crippen LogP contribution in [-0.4, -0.2) is 24.6 Å². The van der Waals surface area contributed by atoms with Crippen molar-refractivity contribution in [3.63, 3.8) is 0 Å². The van der Waals surface area contributed by atoms with E-state index in [1.807, 2.05) is 0 Å². The van der Waals surface area contributed by atoms with E-state index in [0.29, 0.717) is 0 Å². The molecule has 0 amide bonds. The first kappa shape index (κ1) is 14.9. The Morgan fingerprint density at radius 1 is 1.13 bits per heavy atom. The molecule has 0 saturated carbocycles. The lowest BCUT2D eigenvalue weighted by atomic mass is 9.97. The third-order valence-electron chi connectivity index (χ3n) is 5.65. The molecule has 1 fully saturated rings. The van der Waals surface area contributed by atoms with E-state index in [2.05, 4.69) is 36.6 Å². The van der Waals surface area contributed by atoms with Crippen LogP contribution >= 0.6 is 0 Å². The number of piperidine rings is 1. The summed E-state index contributed by atoms with van der Waals surface area (Å²) in [4.78, 5) is 4.96. The Bertz CT molecular complexity index is 729. The Morgan fingerprint density at radius 2 is 1.91 bits per heavy atom. The highest BCUT2D eigenvalue weighted by molar-refractivity contribution is 5.94. The molecule has 0 radical (unpaired) electrons. The van der Waals surface area contributed by atoms with E-state index in [1.54, 1.807) is 0 Å². The molecule has 23 heavy (non-hydrogen) atoms. The molecule has 2 aliphatic rings. The number of pyridine rings is 1. The zero-order valence-electron chi connectivity index (χ0n) is 14.3. The number of hydrogen-bond acceptors (Lipinski definition) is 3. The predicted molar refractivity (Wildman–Crippen MR) is 97.3 cm³/mol. The van der Waals surface area contributed by atoms with Crippen LogP contribution in [0.1, 0.15) is 41.6 Å². The van der Waals surface area contributed by atoms with Crippen molar-refractivity contribution in [2.24, 2.45) is 5.92 Å². The van der Waals surface area contributed by atoms with Crippen molar-refractivity contribution in [1.29, 1.82) is 0 Å². The van der Waals surface area contributed by atoms with Gasteiger partial charge in [-0.1, -0.05) is 0 Å². The van der Waals surface area contributed by atoms with Gasteiger partial charge in [-0.15, -0.1) is 0 Å². The molecule has 0 spiro atoms. The van der Waals surface area contributed by atoms with Gasteiger partial charge in [0.15, 0.2) is 0 Å². The highest BCUT2D eigenvalue weighted by atomic mass is 14.9. The van der Waals surface area contributed by atoms with E-state index >= 15 is 0 Å². The monoisotopic (exact) mass is 309 g/mol. The number of nitrogens with zero attached hydrogens (tertiary/aromatic N) is 1. The molecule has 3 heteroatoms. The quantitative estimate of drug-likeness (QED) is 0.906. The molecule has 1 aliphatic carbocycles. The fourth-order valence-corrected chi connectivity index (χ4v) is 4.06. The highest BCUT2D eigenvalue weighted by Crippen LogP contribution is 2.35. The summed E-state index contributed by atoms with van der Waals surface area (Å²) in [7, 11) is 0. The lowest BCUT2D eigenvalue weighted by molar-refractivity contribution is 0.390. The van der Waals surface area contributed by atoms with Gasteiger partial charge in [-0.05, 0) is 93.8 Å². The molecule has 2 N–H and O–H groups in total. The Kier molecular flexibility index (Phi) is 3.98. The lowest BCUT2D eigenvalue weighted by Crippen LogP contribution is -2.31. The van der Waals surface area contributed by atoms with Crippen molar-refractivity contribution in [3.05, 3.63) is 34.5 Å². The molecule has 1 aliphatic heterocycles. The maximum atomic E-state index is 4.96. The second kappa shape index (κ2) is 6.12. The van der Waals surface area contributed by atoms with Gasteiger partial charge in [-0.3, -0.25) is 4.98 Å². The number of anilines is 1. The molecular weight excluding hydrogens is 282 g/mol. The Labute approximate surface area is 138 Å². The van der Waals surface area contributed by atoms with Crippen molar-refractivity contribution in [2.45, 2.75) is 46.0 Å². The number of aromatic nitrogens is 1. The van der Waals surface area contributed by atoms with Gasteiger partial charge in [0, 0.05) is 23.3 Å². The lowest BCUT2D eigenvalue weighted by Gasteiger charge is -2.24. The van der Waals surface area contributed by atoms with Gasteiger partial charge in [0.1, 0.15) is 0 Å². The van der Waals surface area contributed by atoms with Crippen LogP contribution in [0.2, 0.25) is 0 Å². The van der Waals surface area contributed by atoms with Crippen LogP contribution in [-0.2, 0) is 12.8 Å². The van der Waals surface area contributed by atoms with Gasteiger partial charge >= 0.3 is 0 Å². The van der Waals surface area contributed by atoms with Crippen LogP contribution < -0.4 is 10.6 Å². The SMILES string of the molecule is Cc1cc2nc3c(c(NCC4CCNCC4)c2cc1C)CCC3. The minimum absolute atomic E-state index is 0.795. The maximum Gasteiger partial charge on any atom is 0.0729 e. The van der Waals surface area contributed by atoms with Crippen LogP contribution in [0.5, 0.6) is 0 Å². The molecule has 1 saturated heterocycles. The molecule has 1 aromatic carbocycles. The summed E-state index contributed by atoms with van der Waals surface area (Å²) < 4.78 is 0. The molecule has 2 heterocycles. The standard InChI is InChI=1S/C20H27N3/c1-13-10-17-19(11-14(13)2)23-18-5-3-4-16(18)20(17)22-12-15-6-8-21-9-7-15/h10-11,15,21H,3-9,12H2,1-2H3,(H,22,23). The highest BCUT2D eigenvalue weighted by Gasteiger charge is 2.21. The van der Waals surface area contributed by atoms with Gasteiger partial charge < -0.3 is 10.6 Å². The summed E-state index contributed by atoms with van der Waals surface area (Å²) >= 11 is 0. The first-order chi connectivity index (χ1) is 11.2. The minimum atomic E-state index is 0.795. The van der Waals surface area contributed by atoms with Gasteiger partial charge in [-0.25, -0.2) is 0 Å². The number of rotatable bonds is 3. The van der Waals surface area contributed by atoms with Crippen LogP contribution in [0, 0.1) is 19.8 Å². The Balaban J connectivity index is 1.72. The summed E-state index contributed by atoms with van der Waals surface area (Å²) in [6.45, 7) is 7.82. The predicted octanol–water partition coefficient (Wildman–Crippen LogP) is 3.75. The molecule has 122 valence electrons. The van der Waals surface area contributed by atoms with E-state index in [4.69, 9.17) is 4.98 Å². The summed E-state index contributed by atoms with van der Waals surface area (Å²) in [5.41, 5.74) is 8.06. The molecule has 2 aromatic rings. The molecular formula is C20H27N3. The van der Waals surface area contributed by atoms with Gasteiger partial charge in [0.2, 0.25) is 0 Å². The smallest absolute Gasteiger partial charge is 0.0729 e. The molecule has 0 unspecified atom stereocenters. The fraction of sp³-hybridized carbons (Fsp3) is 0.550. The van der Waals surface area contributed by atoms with E-state index in [-0.39, 0.29) is 0 Å². The van der Waals surface area contributed by atoms with Crippen molar-refractivity contribution in [1.82, 2.24) is 10.3 Å². The Morgan fingerprint density at radius 3 is 2.74 bits per heavy atom. The van der Waals surface area contributed by atoms with E-state index < -0.39 is 0 Å². The third-order valence-corrected chi connectivity index (χ3v) is 5.65. The zero-order valence-corrected chi connectivity index (χ0v) is 14.3. The van der Waals surface area contributed by atoms with Crippen LogP contribution in [0.15, 0.2) is 12.1 Å². The number of benzene rings is 1. The van der Waals surface area contributed by atoms with Crippen LogP contribution in [0.25, 0.3) is 10.9 Å². The zero-order chi connectivity index (χ0) is 15.8. The largest absolute Gasteiger partial charge is 0.384 e. The number of hydrogen-bond donors (Lipinski definition) is 2. The molecule has 3 nitrogen and oxygen atoms in total. The summed E-state index contributed by atoms with van der Waals surface area (Å²) in [5, 5.41) is 8.62. The van der Waals surface area contributed by atoms with Crippen molar-refractivity contribution in [2.75, 3.05) is 25.0 Å². The van der Waals surface area contributed by atoms with Gasteiger partial charge in [0.25, 0.3) is 0 Å². The Hall–Kier alpha value is -1.61. The topological polar surface area (TPSA) is 37.0 Å². The second-order valence-corrected chi connectivity index (χ2v) is 7.29. The fourth-order valence-electron chi connectivity index (χ4n) is 4.06. The average molecular weight is 309 g/mol. The normalized spacial score (nSPS) is 18.3. The number of nitrogens with one attached hydrogen (secondary N) is 2. The van der Waals surface area contributed by atoms with Crippen LogP contribution in [0.4, 0.5) is 5.69 Å². The van der Waals surface area contributed by atoms with Crippen molar-refractivity contribution < 1.29 is 0 Å². The molecule has 0 atom stereocenters. The van der Waals surface area contributed by atoms with Gasteiger partial charge in [0.05, 0.1) is 5.52 Å². The average Bonchev–Trinajstić information content (AvgIpc) is 3.02. The first-order valence-electron chi connectivity index (χ1n) is 9.09. The minimum Gasteiger partial charge on any atom is -0.384 e. The van der Waals surface area contributed by atoms with E-state index in [9.17, 15) is 0 Å². The van der Waals surface area contributed by atoms with Crippen molar-refractivity contribution in [3.8, 4) is 0 Å². The van der Waals surface area contributed by atoms with E-state index in [0.717, 1.165) is 18.9 Å².